The molecule has 0 saturated heterocycles. The minimum atomic E-state index is -0.495. The lowest BCUT2D eigenvalue weighted by atomic mass is 10.1. The molecule has 1 amide bonds. The van der Waals surface area contributed by atoms with E-state index in [1.165, 1.54) is 18.9 Å². The number of benzene rings is 1. The van der Waals surface area contributed by atoms with E-state index in [0.717, 1.165) is 12.8 Å². The van der Waals surface area contributed by atoms with E-state index in [4.69, 9.17) is 4.74 Å². The second-order valence-electron chi connectivity index (χ2n) is 6.22. The standard InChI is InChI=1S/C20H25N3O4S/c1-5-7-11-23-18(25)15-9-8-14(19(26)27-4)12-16(15)22-20(23)28-13(3)17(24)21-10-6-2/h6,8-9,12-13H,2,5,7,10-11H2,1,3-4H3,(H,21,24)/t13-/m1/s1. The highest BCUT2D eigenvalue weighted by molar-refractivity contribution is 8.00. The Morgan fingerprint density at radius 2 is 2.18 bits per heavy atom. The van der Waals surface area contributed by atoms with Crippen LogP contribution in [-0.4, -0.2) is 40.3 Å². The molecule has 1 atom stereocenters. The largest absolute Gasteiger partial charge is 0.465 e. The first-order chi connectivity index (χ1) is 13.4. The molecule has 8 heteroatoms. The van der Waals surface area contributed by atoms with Gasteiger partial charge < -0.3 is 10.1 Å². The van der Waals surface area contributed by atoms with Crippen LogP contribution in [0.15, 0.2) is 40.8 Å². The Labute approximate surface area is 168 Å². The van der Waals surface area contributed by atoms with Crippen LogP contribution >= 0.6 is 11.8 Å². The van der Waals surface area contributed by atoms with Gasteiger partial charge in [0, 0.05) is 13.1 Å². The van der Waals surface area contributed by atoms with Gasteiger partial charge in [0.1, 0.15) is 0 Å². The predicted octanol–water partition coefficient (Wildman–Crippen LogP) is 2.77. The van der Waals surface area contributed by atoms with Crippen LogP contribution in [0.1, 0.15) is 37.0 Å². The number of rotatable bonds is 9. The zero-order valence-corrected chi connectivity index (χ0v) is 17.2. The fourth-order valence-electron chi connectivity index (χ4n) is 2.58. The van der Waals surface area contributed by atoms with E-state index < -0.39 is 11.2 Å². The average molecular weight is 404 g/mol. The minimum Gasteiger partial charge on any atom is -0.465 e. The molecule has 2 rings (SSSR count). The zero-order valence-electron chi connectivity index (χ0n) is 16.4. The summed E-state index contributed by atoms with van der Waals surface area (Å²) in [4.78, 5) is 41.6. The number of esters is 1. The van der Waals surface area contributed by atoms with Crippen LogP contribution < -0.4 is 10.9 Å². The molecule has 2 aromatic rings. The molecule has 0 radical (unpaired) electrons. The van der Waals surface area contributed by atoms with Crippen LogP contribution in [0.4, 0.5) is 0 Å². The van der Waals surface area contributed by atoms with Gasteiger partial charge in [0.15, 0.2) is 5.16 Å². The first kappa shape index (κ1) is 21.7. The maximum Gasteiger partial charge on any atom is 0.337 e. The van der Waals surface area contributed by atoms with E-state index in [0.29, 0.717) is 34.7 Å². The molecule has 0 aliphatic heterocycles. The highest BCUT2D eigenvalue weighted by Gasteiger charge is 2.19. The Hall–Kier alpha value is -2.61. The van der Waals surface area contributed by atoms with Crippen LogP contribution in [0, 0.1) is 0 Å². The van der Waals surface area contributed by atoms with Crippen molar-refractivity contribution in [1.29, 1.82) is 0 Å². The second-order valence-corrected chi connectivity index (χ2v) is 7.53. The van der Waals surface area contributed by atoms with Crippen molar-refractivity contribution in [2.45, 2.75) is 43.6 Å². The maximum absolute atomic E-state index is 13.0. The fourth-order valence-corrected chi connectivity index (χ4v) is 3.54. The van der Waals surface area contributed by atoms with E-state index in [9.17, 15) is 14.4 Å². The van der Waals surface area contributed by atoms with E-state index in [2.05, 4.69) is 16.9 Å². The molecule has 0 aliphatic carbocycles. The summed E-state index contributed by atoms with van der Waals surface area (Å²) in [5, 5.41) is 3.18. The van der Waals surface area contributed by atoms with Crippen LogP contribution in [0.2, 0.25) is 0 Å². The lowest BCUT2D eigenvalue weighted by Gasteiger charge is -2.16. The number of fused-ring (bicyclic) bond motifs is 1. The Kier molecular flexibility index (Phi) is 7.80. The molecule has 1 aromatic heterocycles. The summed E-state index contributed by atoms with van der Waals surface area (Å²) < 4.78 is 6.34. The van der Waals surface area contributed by atoms with Crippen LogP contribution in [0.5, 0.6) is 0 Å². The predicted molar refractivity (Wildman–Crippen MR) is 111 cm³/mol. The lowest BCUT2D eigenvalue weighted by molar-refractivity contribution is -0.120. The number of unbranched alkanes of at least 4 members (excludes halogenated alkanes) is 1. The quantitative estimate of drug-likeness (QED) is 0.300. The molecule has 0 spiro atoms. The SMILES string of the molecule is C=CCNC(=O)[C@@H](C)Sc1nc2cc(C(=O)OC)ccc2c(=O)n1CCCC. The van der Waals surface area contributed by atoms with E-state index in [1.807, 2.05) is 6.92 Å². The number of nitrogens with zero attached hydrogens (tertiary/aromatic N) is 2. The van der Waals surface area contributed by atoms with Gasteiger partial charge in [0.2, 0.25) is 5.91 Å². The van der Waals surface area contributed by atoms with Crippen molar-refractivity contribution in [2.75, 3.05) is 13.7 Å². The summed E-state index contributed by atoms with van der Waals surface area (Å²) in [5.41, 5.74) is 0.541. The van der Waals surface area contributed by atoms with Gasteiger partial charge in [-0.25, -0.2) is 9.78 Å². The zero-order chi connectivity index (χ0) is 20.7. The molecule has 0 aliphatic rings. The van der Waals surface area contributed by atoms with Crippen molar-refractivity contribution in [3.63, 3.8) is 0 Å². The van der Waals surface area contributed by atoms with E-state index in [-0.39, 0.29) is 11.5 Å². The number of thioether (sulfide) groups is 1. The van der Waals surface area contributed by atoms with Gasteiger partial charge in [-0.1, -0.05) is 31.2 Å². The molecular weight excluding hydrogens is 378 g/mol. The summed E-state index contributed by atoms with van der Waals surface area (Å²) in [6.45, 7) is 8.27. The third-order valence-electron chi connectivity index (χ3n) is 4.15. The van der Waals surface area contributed by atoms with Crippen molar-refractivity contribution in [2.24, 2.45) is 0 Å². The van der Waals surface area contributed by atoms with Crippen LogP contribution in [0.3, 0.4) is 0 Å². The first-order valence-electron chi connectivity index (χ1n) is 9.11. The third kappa shape index (κ3) is 5.01. The van der Waals surface area contributed by atoms with E-state index >= 15 is 0 Å². The normalized spacial score (nSPS) is 11.8. The lowest BCUT2D eigenvalue weighted by Crippen LogP contribution is -2.32. The monoisotopic (exact) mass is 403 g/mol. The van der Waals surface area contributed by atoms with Gasteiger partial charge in [0.05, 0.1) is 28.8 Å². The highest BCUT2D eigenvalue weighted by atomic mass is 32.2. The summed E-state index contributed by atoms with van der Waals surface area (Å²) in [6, 6.07) is 4.69. The van der Waals surface area contributed by atoms with Crippen molar-refractivity contribution in [3.8, 4) is 0 Å². The summed E-state index contributed by atoms with van der Waals surface area (Å²) in [5.74, 6) is -0.658. The minimum absolute atomic E-state index is 0.162. The van der Waals surface area contributed by atoms with E-state index in [1.54, 1.807) is 35.8 Å². The Bertz CT molecular complexity index is 939. The second kappa shape index (κ2) is 10.1. The number of nitrogens with one attached hydrogen (secondary N) is 1. The van der Waals surface area contributed by atoms with Gasteiger partial charge in [-0.2, -0.15) is 0 Å². The summed E-state index contributed by atoms with van der Waals surface area (Å²) in [6.07, 6.45) is 3.35. The molecule has 0 unspecified atom stereocenters. The first-order valence-corrected chi connectivity index (χ1v) is 9.99. The number of aromatic nitrogens is 2. The average Bonchev–Trinajstić information content (AvgIpc) is 2.70. The number of ether oxygens (including phenoxy) is 1. The molecule has 28 heavy (non-hydrogen) atoms. The smallest absolute Gasteiger partial charge is 0.337 e. The molecule has 0 bridgehead atoms. The number of hydrogen-bond donors (Lipinski definition) is 1. The molecule has 1 N–H and O–H groups in total. The number of hydrogen-bond acceptors (Lipinski definition) is 6. The summed E-state index contributed by atoms with van der Waals surface area (Å²) >= 11 is 1.22. The number of carbonyl (C=O) groups excluding carboxylic acids is 2. The molecule has 0 fully saturated rings. The van der Waals surface area contributed by atoms with Crippen molar-refractivity contribution in [3.05, 3.63) is 46.8 Å². The maximum atomic E-state index is 13.0. The van der Waals surface area contributed by atoms with Crippen LogP contribution in [-0.2, 0) is 16.1 Å². The molecule has 150 valence electrons. The van der Waals surface area contributed by atoms with Crippen molar-refractivity contribution >= 4 is 34.5 Å². The van der Waals surface area contributed by atoms with Gasteiger partial charge in [0.25, 0.3) is 5.56 Å². The number of amides is 1. The van der Waals surface area contributed by atoms with Gasteiger partial charge in [-0.15, -0.1) is 6.58 Å². The topological polar surface area (TPSA) is 90.3 Å². The van der Waals surface area contributed by atoms with Crippen molar-refractivity contribution in [1.82, 2.24) is 14.9 Å². The van der Waals surface area contributed by atoms with Gasteiger partial charge in [-0.3, -0.25) is 14.2 Å². The van der Waals surface area contributed by atoms with Crippen LogP contribution in [0.25, 0.3) is 10.9 Å². The molecular formula is C20H25N3O4S. The Balaban J connectivity index is 2.50. The molecule has 7 nitrogen and oxygen atoms in total. The van der Waals surface area contributed by atoms with Gasteiger partial charge >= 0.3 is 5.97 Å². The number of carbonyl (C=O) groups is 2. The van der Waals surface area contributed by atoms with Crippen molar-refractivity contribution < 1.29 is 14.3 Å². The Morgan fingerprint density at radius 3 is 2.82 bits per heavy atom. The summed E-state index contributed by atoms with van der Waals surface area (Å²) in [7, 11) is 1.30. The highest BCUT2D eigenvalue weighted by Crippen LogP contribution is 2.23. The number of methoxy groups -OCH3 is 1. The molecule has 0 saturated carbocycles. The molecule has 1 heterocycles. The fraction of sp³-hybridized carbons (Fsp3) is 0.400. The van der Waals surface area contributed by atoms with Gasteiger partial charge in [-0.05, 0) is 31.5 Å². The third-order valence-corrected chi connectivity index (χ3v) is 5.24. The molecule has 1 aromatic carbocycles. The Morgan fingerprint density at radius 1 is 1.43 bits per heavy atom.